The minimum atomic E-state index is -0.957. The van der Waals surface area contributed by atoms with E-state index in [-0.39, 0.29) is 0 Å². The molecule has 0 heterocycles. The number of nitriles is 1. The monoisotopic (exact) mass is 334 g/mol. The first-order valence-electron chi connectivity index (χ1n) is 5.98. The van der Waals surface area contributed by atoms with Crippen molar-refractivity contribution >= 4 is 25.7 Å². The third-order valence-corrected chi connectivity index (χ3v) is 11.9. The van der Waals surface area contributed by atoms with Gasteiger partial charge in [-0.2, -0.15) is 0 Å². The molecule has 0 aliphatic rings. The molecule has 0 atom stereocenters. The summed E-state index contributed by atoms with van der Waals surface area (Å²) in [7, 11) is 0. The number of carbonyl (C=O) groups is 1. The Balaban J connectivity index is 0. The Hall–Kier alpha value is -0.241. The number of hydrogen-bond donors (Lipinski definition) is 1. The minimum absolute atomic E-state index is 0.789. The molecule has 0 aliphatic heterocycles. The second-order valence-electron chi connectivity index (χ2n) is 3.78. The van der Waals surface area contributed by atoms with Gasteiger partial charge in [0.2, 0.25) is 0 Å². The fourth-order valence-electron chi connectivity index (χ4n) is 1.50. The molecular formula is C12H24NO2Sn. The summed E-state index contributed by atoms with van der Waals surface area (Å²) >= 11 is -0.957. The van der Waals surface area contributed by atoms with Crippen LogP contribution in [0.2, 0.25) is 13.3 Å². The zero-order valence-electron chi connectivity index (χ0n) is 10.8. The Morgan fingerprint density at radius 3 is 2.00 bits per heavy atom. The maximum absolute atomic E-state index is 9.00. The number of carboxylic acid groups (broad SMARTS) is 1. The molecule has 0 rings (SSSR count). The topological polar surface area (TPSA) is 61.1 Å². The van der Waals surface area contributed by atoms with Gasteiger partial charge in [-0.15, -0.1) is 0 Å². The van der Waals surface area contributed by atoms with E-state index in [9.17, 15) is 0 Å². The van der Waals surface area contributed by atoms with Crippen LogP contribution in [-0.4, -0.2) is 30.8 Å². The van der Waals surface area contributed by atoms with E-state index in [0.29, 0.717) is 0 Å². The van der Waals surface area contributed by atoms with Gasteiger partial charge in [-0.1, -0.05) is 0 Å². The van der Waals surface area contributed by atoms with Gasteiger partial charge in [0.25, 0.3) is 5.97 Å². The summed E-state index contributed by atoms with van der Waals surface area (Å²) in [5.74, 6) is -0.833. The quantitative estimate of drug-likeness (QED) is 0.571. The van der Waals surface area contributed by atoms with Crippen LogP contribution in [0.15, 0.2) is 0 Å². The second-order valence-corrected chi connectivity index (χ2v) is 12.3. The van der Waals surface area contributed by atoms with Crippen LogP contribution in [0.4, 0.5) is 0 Å². The van der Waals surface area contributed by atoms with E-state index in [1.165, 1.54) is 23.7 Å². The molecule has 0 aliphatic carbocycles. The zero-order chi connectivity index (χ0) is 12.8. The Morgan fingerprint density at radius 1 is 1.25 bits per heavy atom. The number of unbranched alkanes of at least 4 members (excludes halogenated alkanes) is 1. The van der Waals surface area contributed by atoms with Gasteiger partial charge in [0.1, 0.15) is 0 Å². The molecule has 0 bridgehead atoms. The van der Waals surface area contributed by atoms with Gasteiger partial charge < -0.3 is 5.11 Å². The molecule has 0 aromatic carbocycles. The molecule has 4 heteroatoms. The van der Waals surface area contributed by atoms with E-state index in [4.69, 9.17) is 15.2 Å². The average molecular weight is 333 g/mol. The summed E-state index contributed by atoms with van der Waals surface area (Å²) in [6.45, 7) is 5.67. The van der Waals surface area contributed by atoms with E-state index in [0.717, 1.165) is 13.3 Å². The van der Waals surface area contributed by atoms with Gasteiger partial charge in [-0.25, -0.2) is 0 Å². The molecule has 0 aromatic rings. The van der Waals surface area contributed by atoms with Crippen molar-refractivity contribution in [1.82, 2.24) is 0 Å². The molecule has 1 radical (unpaired) electrons. The van der Waals surface area contributed by atoms with Crippen LogP contribution in [0.3, 0.4) is 0 Å². The number of rotatable bonds is 7. The average Bonchev–Trinajstić information content (AvgIpc) is 2.18. The molecule has 0 amide bonds. The molecule has 3 nitrogen and oxygen atoms in total. The van der Waals surface area contributed by atoms with Gasteiger partial charge in [-0.05, 0) is 0 Å². The fraction of sp³-hybridized carbons (Fsp3) is 0.833. The fourth-order valence-corrected chi connectivity index (χ4v) is 9.61. The van der Waals surface area contributed by atoms with Crippen LogP contribution < -0.4 is 0 Å². The Kier molecular flexibility index (Phi) is 16.7. The van der Waals surface area contributed by atoms with Crippen molar-refractivity contribution < 1.29 is 9.90 Å². The summed E-state index contributed by atoms with van der Waals surface area (Å²) in [6, 6.07) is 2.24. The van der Waals surface area contributed by atoms with Gasteiger partial charge in [0.05, 0.1) is 0 Å². The summed E-state index contributed by atoms with van der Waals surface area (Å²) in [6.07, 6.45) is 4.73. The molecule has 16 heavy (non-hydrogen) atoms. The van der Waals surface area contributed by atoms with Crippen molar-refractivity contribution in [2.45, 2.75) is 59.8 Å². The number of carboxylic acids is 1. The van der Waals surface area contributed by atoms with Crippen LogP contribution in [0.1, 0.15) is 46.5 Å². The molecule has 0 spiro atoms. The Morgan fingerprint density at radius 2 is 1.69 bits per heavy atom. The first-order valence-corrected chi connectivity index (χ1v) is 12.0. The Labute approximate surface area is 107 Å². The summed E-state index contributed by atoms with van der Waals surface area (Å²) in [5, 5.41) is 15.8. The molecular weight excluding hydrogens is 309 g/mol. The summed E-state index contributed by atoms with van der Waals surface area (Å²) in [5.41, 5.74) is 0. The normalized spacial score (nSPS) is 9.19. The first kappa shape index (κ1) is 18.1. The van der Waals surface area contributed by atoms with Crippen molar-refractivity contribution in [3.05, 3.63) is 0 Å². The van der Waals surface area contributed by atoms with Crippen molar-refractivity contribution in [2.75, 3.05) is 0 Å². The molecule has 0 saturated carbocycles. The van der Waals surface area contributed by atoms with Crippen LogP contribution in [0.5, 0.6) is 0 Å². The number of nitrogens with zero attached hydrogens (tertiary/aromatic N) is 1. The molecule has 93 valence electrons. The SMILES string of the molecule is CC(=O)O.CC[CH2][Sn]([CH2]CC)[CH2]CCC#N. The summed E-state index contributed by atoms with van der Waals surface area (Å²) < 4.78 is 4.54. The van der Waals surface area contributed by atoms with Crippen LogP contribution in [-0.2, 0) is 4.79 Å². The van der Waals surface area contributed by atoms with Gasteiger partial charge in [-0.3, -0.25) is 4.79 Å². The standard InChI is InChI=1S/C4H6N.2C3H7.C2H4O2.Sn/c1-2-3-4-5;2*1-3-2;1-2(3)4;/h1-3H2;2*1,3H2,2H3;1H3,(H,3,4);. The van der Waals surface area contributed by atoms with E-state index in [1.807, 2.05) is 0 Å². The molecule has 0 fully saturated rings. The van der Waals surface area contributed by atoms with Gasteiger partial charge >= 0.3 is 83.9 Å². The van der Waals surface area contributed by atoms with Crippen molar-refractivity contribution in [3.8, 4) is 6.07 Å². The van der Waals surface area contributed by atoms with Gasteiger partial charge in [0.15, 0.2) is 0 Å². The number of aliphatic carboxylic acids is 1. The van der Waals surface area contributed by atoms with E-state index in [2.05, 4.69) is 19.9 Å². The molecule has 1 N–H and O–H groups in total. The Bertz CT molecular complexity index is 192. The summed E-state index contributed by atoms with van der Waals surface area (Å²) in [4.78, 5) is 9.00. The molecule has 0 saturated heterocycles. The van der Waals surface area contributed by atoms with Crippen LogP contribution >= 0.6 is 0 Å². The van der Waals surface area contributed by atoms with E-state index in [1.54, 1.807) is 8.87 Å². The molecule has 0 aromatic heterocycles. The third-order valence-electron chi connectivity index (χ3n) is 2.03. The number of hydrogen-bond acceptors (Lipinski definition) is 2. The maximum atomic E-state index is 9.00. The van der Waals surface area contributed by atoms with E-state index >= 15 is 0 Å². The molecule has 0 unspecified atom stereocenters. The van der Waals surface area contributed by atoms with Crippen LogP contribution in [0, 0.1) is 11.3 Å². The zero-order valence-corrected chi connectivity index (χ0v) is 13.6. The van der Waals surface area contributed by atoms with Crippen LogP contribution in [0.25, 0.3) is 0 Å². The second kappa shape index (κ2) is 14.8. The van der Waals surface area contributed by atoms with Crippen molar-refractivity contribution in [2.24, 2.45) is 0 Å². The third kappa shape index (κ3) is 19.3. The van der Waals surface area contributed by atoms with Gasteiger partial charge in [0, 0.05) is 6.92 Å². The predicted molar refractivity (Wildman–Crippen MR) is 68.9 cm³/mol. The van der Waals surface area contributed by atoms with Crippen molar-refractivity contribution in [3.63, 3.8) is 0 Å². The first-order chi connectivity index (χ1) is 7.58. The van der Waals surface area contributed by atoms with E-state index < -0.39 is 25.7 Å². The predicted octanol–water partition coefficient (Wildman–Crippen LogP) is 3.70. The van der Waals surface area contributed by atoms with Crippen molar-refractivity contribution in [1.29, 1.82) is 5.26 Å².